The lowest BCUT2D eigenvalue weighted by atomic mass is 9.97. The molecule has 156 valence electrons. The van der Waals surface area contributed by atoms with Crippen molar-refractivity contribution in [3.8, 4) is 0 Å². The summed E-state index contributed by atoms with van der Waals surface area (Å²) in [5.74, 6) is 1.99. The minimum absolute atomic E-state index is 0.302. The fourth-order valence-electron chi connectivity index (χ4n) is 4.84. The molecule has 1 aromatic carbocycles. The van der Waals surface area contributed by atoms with Gasteiger partial charge in [0.15, 0.2) is 0 Å². The smallest absolute Gasteiger partial charge is 0.222 e. The van der Waals surface area contributed by atoms with Gasteiger partial charge in [-0.05, 0) is 51.0 Å². The Bertz CT molecular complexity index is 796. The lowest BCUT2D eigenvalue weighted by Gasteiger charge is -2.36. The Hall–Kier alpha value is -2.14. The van der Waals surface area contributed by atoms with Crippen molar-refractivity contribution < 1.29 is 9.53 Å². The van der Waals surface area contributed by atoms with E-state index in [-0.39, 0.29) is 0 Å². The SMILES string of the molecule is Cc1cnc(C2CCOCC2)n1C1CCCN(C(=O)CCCc2ccccc2)C1. The first-order valence-corrected chi connectivity index (χ1v) is 11.2. The molecule has 0 spiro atoms. The van der Waals surface area contributed by atoms with Crippen LogP contribution in [0.3, 0.4) is 0 Å². The number of hydrogen-bond donors (Lipinski definition) is 0. The number of aryl methyl sites for hydroxylation is 2. The number of carbonyl (C=O) groups excluding carboxylic acids is 1. The fourth-order valence-corrected chi connectivity index (χ4v) is 4.84. The molecule has 0 N–H and O–H groups in total. The number of rotatable bonds is 6. The highest BCUT2D eigenvalue weighted by Gasteiger charge is 2.29. The number of imidazole rings is 1. The normalized spacial score (nSPS) is 20.7. The van der Waals surface area contributed by atoms with Crippen LogP contribution in [0.5, 0.6) is 0 Å². The molecule has 0 aliphatic carbocycles. The summed E-state index contributed by atoms with van der Waals surface area (Å²) in [5, 5.41) is 0. The van der Waals surface area contributed by atoms with Crippen LogP contribution in [0.4, 0.5) is 0 Å². The van der Waals surface area contributed by atoms with Crippen LogP contribution in [0.15, 0.2) is 36.5 Å². The zero-order valence-electron chi connectivity index (χ0n) is 17.6. The molecule has 0 saturated carbocycles. The summed E-state index contributed by atoms with van der Waals surface area (Å²) in [7, 11) is 0. The maximum atomic E-state index is 12.9. The van der Waals surface area contributed by atoms with Gasteiger partial charge in [-0.15, -0.1) is 0 Å². The topological polar surface area (TPSA) is 47.4 Å². The number of ether oxygens (including phenoxy) is 1. The van der Waals surface area contributed by atoms with Gasteiger partial charge in [-0.2, -0.15) is 0 Å². The van der Waals surface area contributed by atoms with Gasteiger partial charge >= 0.3 is 0 Å². The summed E-state index contributed by atoms with van der Waals surface area (Å²) >= 11 is 0. The van der Waals surface area contributed by atoms with Crippen LogP contribution in [-0.4, -0.2) is 46.7 Å². The van der Waals surface area contributed by atoms with E-state index in [1.54, 1.807) is 0 Å². The molecule has 1 unspecified atom stereocenters. The second kappa shape index (κ2) is 9.57. The van der Waals surface area contributed by atoms with Crippen molar-refractivity contribution >= 4 is 5.91 Å². The molecule has 1 atom stereocenters. The van der Waals surface area contributed by atoms with Crippen LogP contribution in [0.2, 0.25) is 0 Å². The summed E-state index contributed by atoms with van der Waals surface area (Å²) in [6.45, 7) is 5.51. The molecule has 2 aromatic rings. The highest BCUT2D eigenvalue weighted by atomic mass is 16.5. The Kier molecular flexibility index (Phi) is 6.65. The fraction of sp³-hybridized carbons (Fsp3) is 0.583. The summed E-state index contributed by atoms with van der Waals surface area (Å²) < 4.78 is 7.97. The molecule has 0 radical (unpaired) electrons. The Labute approximate surface area is 174 Å². The van der Waals surface area contributed by atoms with E-state index in [9.17, 15) is 4.79 Å². The van der Waals surface area contributed by atoms with Gasteiger partial charge in [0.2, 0.25) is 5.91 Å². The molecular formula is C24H33N3O2. The molecule has 4 rings (SSSR count). The van der Waals surface area contributed by atoms with Crippen LogP contribution < -0.4 is 0 Å². The van der Waals surface area contributed by atoms with Crippen molar-refractivity contribution in [3.05, 3.63) is 53.6 Å². The van der Waals surface area contributed by atoms with Gasteiger partial charge in [0.25, 0.3) is 0 Å². The Morgan fingerprint density at radius 2 is 1.97 bits per heavy atom. The zero-order valence-corrected chi connectivity index (χ0v) is 17.6. The number of benzene rings is 1. The average Bonchev–Trinajstić information content (AvgIpc) is 3.16. The van der Waals surface area contributed by atoms with Gasteiger partial charge in [-0.3, -0.25) is 4.79 Å². The summed E-state index contributed by atoms with van der Waals surface area (Å²) in [4.78, 5) is 19.7. The van der Waals surface area contributed by atoms with Crippen LogP contribution >= 0.6 is 0 Å². The largest absolute Gasteiger partial charge is 0.381 e. The van der Waals surface area contributed by atoms with E-state index in [2.05, 4.69) is 40.7 Å². The maximum Gasteiger partial charge on any atom is 0.222 e. The van der Waals surface area contributed by atoms with Gasteiger partial charge < -0.3 is 14.2 Å². The van der Waals surface area contributed by atoms with E-state index in [0.717, 1.165) is 64.8 Å². The quantitative estimate of drug-likeness (QED) is 0.734. The second-order valence-corrected chi connectivity index (χ2v) is 8.49. The highest BCUT2D eigenvalue weighted by Crippen LogP contribution is 2.32. The van der Waals surface area contributed by atoms with Crippen molar-refractivity contribution in [3.63, 3.8) is 0 Å². The molecule has 1 aromatic heterocycles. The molecule has 5 heteroatoms. The van der Waals surface area contributed by atoms with Crippen LogP contribution in [0.25, 0.3) is 0 Å². The van der Waals surface area contributed by atoms with Crippen molar-refractivity contribution in [1.29, 1.82) is 0 Å². The lowest BCUT2D eigenvalue weighted by molar-refractivity contribution is -0.133. The Balaban J connectivity index is 1.37. The molecule has 29 heavy (non-hydrogen) atoms. The number of hydrogen-bond acceptors (Lipinski definition) is 3. The molecule has 3 heterocycles. The molecule has 5 nitrogen and oxygen atoms in total. The average molecular weight is 396 g/mol. The van der Waals surface area contributed by atoms with Crippen molar-refractivity contribution in [2.75, 3.05) is 26.3 Å². The standard InChI is InChI=1S/C24H33N3O2/c1-19-17-25-24(21-12-15-29-16-13-21)27(19)22-10-6-14-26(18-22)23(28)11-5-9-20-7-3-2-4-8-20/h2-4,7-8,17,21-22H,5-6,9-16,18H2,1H3. The summed E-state index contributed by atoms with van der Waals surface area (Å²) in [6.07, 6.45) is 8.82. The first-order valence-electron chi connectivity index (χ1n) is 11.2. The zero-order chi connectivity index (χ0) is 20.1. The van der Waals surface area contributed by atoms with Crippen molar-refractivity contribution in [2.45, 2.75) is 63.8 Å². The molecular weight excluding hydrogens is 362 g/mol. The summed E-state index contributed by atoms with van der Waals surface area (Å²) in [5.41, 5.74) is 2.53. The second-order valence-electron chi connectivity index (χ2n) is 8.49. The number of carbonyl (C=O) groups is 1. The number of aromatic nitrogens is 2. The van der Waals surface area contributed by atoms with Crippen LogP contribution in [0.1, 0.15) is 67.6 Å². The Morgan fingerprint density at radius 1 is 1.17 bits per heavy atom. The van der Waals surface area contributed by atoms with Crippen molar-refractivity contribution in [2.24, 2.45) is 0 Å². The van der Waals surface area contributed by atoms with E-state index in [1.165, 1.54) is 17.1 Å². The number of piperidine rings is 1. The predicted molar refractivity (Wildman–Crippen MR) is 114 cm³/mol. The molecule has 2 aliphatic heterocycles. The molecule has 2 fully saturated rings. The monoisotopic (exact) mass is 395 g/mol. The minimum Gasteiger partial charge on any atom is -0.381 e. The molecule has 1 amide bonds. The molecule has 2 saturated heterocycles. The highest BCUT2D eigenvalue weighted by molar-refractivity contribution is 5.76. The Morgan fingerprint density at radius 3 is 2.76 bits per heavy atom. The number of nitrogens with zero attached hydrogens (tertiary/aromatic N) is 3. The van der Waals surface area contributed by atoms with Crippen molar-refractivity contribution in [1.82, 2.24) is 14.5 Å². The van der Waals surface area contributed by atoms with Gasteiger partial charge in [0.05, 0.1) is 6.04 Å². The van der Waals surface area contributed by atoms with Gasteiger partial charge in [0, 0.05) is 50.5 Å². The van der Waals surface area contributed by atoms with E-state index < -0.39 is 0 Å². The van der Waals surface area contributed by atoms with E-state index in [4.69, 9.17) is 9.72 Å². The minimum atomic E-state index is 0.302. The third-order valence-corrected chi connectivity index (χ3v) is 6.41. The first kappa shape index (κ1) is 20.1. The van der Waals surface area contributed by atoms with E-state index in [1.807, 2.05) is 12.3 Å². The third kappa shape index (κ3) is 4.89. The van der Waals surface area contributed by atoms with Crippen LogP contribution in [0, 0.1) is 6.92 Å². The van der Waals surface area contributed by atoms with Gasteiger partial charge in [-0.1, -0.05) is 30.3 Å². The first-order chi connectivity index (χ1) is 14.2. The maximum absolute atomic E-state index is 12.9. The molecule has 2 aliphatic rings. The van der Waals surface area contributed by atoms with E-state index >= 15 is 0 Å². The van der Waals surface area contributed by atoms with Gasteiger partial charge in [-0.25, -0.2) is 4.98 Å². The van der Waals surface area contributed by atoms with Crippen LogP contribution in [-0.2, 0) is 16.0 Å². The number of likely N-dealkylation sites (tertiary alicyclic amines) is 1. The van der Waals surface area contributed by atoms with E-state index in [0.29, 0.717) is 24.3 Å². The third-order valence-electron chi connectivity index (χ3n) is 6.41. The van der Waals surface area contributed by atoms with Gasteiger partial charge in [0.1, 0.15) is 5.82 Å². The predicted octanol–water partition coefficient (Wildman–Crippen LogP) is 4.27. The molecule has 0 bridgehead atoms. The number of amides is 1. The lowest BCUT2D eigenvalue weighted by Crippen LogP contribution is -2.41. The summed E-state index contributed by atoms with van der Waals surface area (Å²) in [6, 6.07) is 10.8.